The summed E-state index contributed by atoms with van der Waals surface area (Å²) >= 11 is 0. The average molecular weight is 625 g/mol. The Bertz CT molecular complexity index is 1540. The molecule has 2 aliphatic rings. The molecule has 0 spiro atoms. The minimum atomic E-state index is -1.80. The van der Waals surface area contributed by atoms with Crippen molar-refractivity contribution >= 4 is 11.0 Å². The molecule has 0 aliphatic carbocycles. The molecule has 0 bridgehead atoms. The van der Waals surface area contributed by atoms with Crippen LogP contribution in [0.15, 0.2) is 39.5 Å². The van der Waals surface area contributed by atoms with Gasteiger partial charge in [-0.1, -0.05) is 0 Å². The van der Waals surface area contributed by atoms with E-state index in [1.807, 2.05) is 0 Å². The molecular formula is C28H32O16. The van der Waals surface area contributed by atoms with Crippen LogP contribution in [0.5, 0.6) is 28.7 Å². The molecule has 44 heavy (non-hydrogen) atoms. The molecule has 5 rings (SSSR count). The first-order valence-corrected chi connectivity index (χ1v) is 13.3. The fourth-order valence-corrected chi connectivity index (χ4v) is 5.01. The van der Waals surface area contributed by atoms with Gasteiger partial charge in [0.05, 0.1) is 27.4 Å². The van der Waals surface area contributed by atoms with Crippen molar-refractivity contribution in [1.82, 2.24) is 0 Å². The van der Waals surface area contributed by atoms with Crippen LogP contribution in [0.25, 0.3) is 22.3 Å². The van der Waals surface area contributed by atoms with Crippen molar-refractivity contribution in [2.24, 2.45) is 0 Å². The predicted molar refractivity (Wildman–Crippen MR) is 145 cm³/mol. The van der Waals surface area contributed by atoms with Gasteiger partial charge in [-0.3, -0.25) is 4.79 Å². The van der Waals surface area contributed by atoms with Crippen LogP contribution < -0.4 is 19.6 Å². The van der Waals surface area contributed by atoms with Gasteiger partial charge in [0.15, 0.2) is 23.5 Å². The smallest absolute Gasteiger partial charge is 0.239 e. The zero-order valence-corrected chi connectivity index (χ0v) is 23.3. The Hall–Kier alpha value is -3.71. The standard InChI is InChI=1S/C28H32O16/c1-38-14-4-3-10(5-12(14)30)25-26(39-2)21(34)18-13(31)6-11(7-15(18)42-25)41-28-24(37)22(35)20(33)17(44-28)9-40-27-23(36)19(32)16(8-29)43-27/h3-7,16-17,19-20,22-24,27-33,35-37H,8-9H2,1-2H3/t16-,17+,19+,20+,22-,23+,24+,27-,28+/m0/s1. The summed E-state index contributed by atoms with van der Waals surface area (Å²) in [6.07, 6.45) is -13.7. The first-order valence-electron chi connectivity index (χ1n) is 13.3. The monoisotopic (exact) mass is 624 g/mol. The van der Waals surface area contributed by atoms with Gasteiger partial charge in [-0.05, 0) is 18.2 Å². The molecule has 2 aromatic carbocycles. The largest absolute Gasteiger partial charge is 0.507 e. The second-order valence-electron chi connectivity index (χ2n) is 10.2. The van der Waals surface area contributed by atoms with E-state index in [0.717, 1.165) is 6.07 Å². The molecule has 0 saturated carbocycles. The van der Waals surface area contributed by atoms with Crippen molar-refractivity contribution in [1.29, 1.82) is 0 Å². The number of phenolic OH excluding ortho intramolecular Hbond substituents is 2. The zero-order chi connectivity index (χ0) is 31.9. The lowest BCUT2D eigenvalue weighted by atomic mass is 9.99. The summed E-state index contributed by atoms with van der Waals surface area (Å²) in [5.74, 6) is -1.17. The minimum Gasteiger partial charge on any atom is -0.507 e. The Labute approximate surface area is 248 Å². The number of rotatable bonds is 9. The van der Waals surface area contributed by atoms with E-state index in [4.69, 9.17) is 32.8 Å². The lowest BCUT2D eigenvalue weighted by Crippen LogP contribution is -2.60. The molecule has 1 aromatic heterocycles. The number of methoxy groups -OCH3 is 2. The van der Waals surface area contributed by atoms with Gasteiger partial charge in [0, 0.05) is 17.7 Å². The van der Waals surface area contributed by atoms with Crippen LogP contribution in [-0.4, -0.2) is 124 Å². The summed E-state index contributed by atoms with van der Waals surface area (Å²) in [7, 11) is 2.60. The van der Waals surface area contributed by atoms with Crippen molar-refractivity contribution < 1.29 is 73.7 Å². The molecule has 0 radical (unpaired) electrons. The third-order valence-corrected chi connectivity index (χ3v) is 7.40. The van der Waals surface area contributed by atoms with Crippen LogP contribution in [0.3, 0.4) is 0 Å². The molecular weight excluding hydrogens is 592 g/mol. The van der Waals surface area contributed by atoms with E-state index < -0.39 is 79.7 Å². The topological polar surface area (TPSA) is 247 Å². The normalized spacial score (nSPS) is 30.4. The van der Waals surface area contributed by atoms with Crippen LogP contribution in [-0.2, 0) is 14.2 Å². The molecule has 8 N–H and O–H groups in total. The van der Waals surface area contributed by atoms with Crippen LogP contribution >= 0.6 is 0 Å². The van der Waals surface area contributed by atoms with Gasteiger partial charge in [-0.25, -0.2) is 0 Å². The number of aliphatic hydroxyl groups is 6. The van der Waals surface area contributed by atoms with E-state index >= 15 is 0 Å². The fourth-order valence-electron chi connectivity index (χ4n) is 5.01. The number of aromatic hydroxyl groups is 2. The third kappa shape index (κ3) is 5.74. The highest BCUT2D eigenvalue weighted by molar-refractivity contribution is 5.88. The van der Waals surface area contributed by atoms with E-state index in [0.29, 0.717) is 0 Å². The number of aliphatic hydroxyl groups excluding tert-OH is 6. The van der Waals surface area contributed by atoms with Gasteiger partial charge >= 0.3 is 0 Å². The van der Waals surface area contributed by atoms with Crippen LogP contribution in [0, 0.1) is 0 Å². The first kappa shape index (κ1) is 31.7. The van der Waals surface area contributed by atoms with Gasteiger partial charge < -0.3 is 73.7 Å². The Morgan fingerprint density at radius 2 is 1.48 bits per heavy atom. The fraction of sp³-hybridized carbons (Fsp3) is 0.464. The molecule has 16 nitrogen and oxygen atoms in total. The van der Waals surface area contributed by atoms with Gasteiger partial charge in [-0.15, -0.1) is 0 Å². The van der Waals surface area contributed by atoms with Crippen LogP contribution in [0.4, 0.5) is 0 Å². The van der Waals surface area contributed by atoms with E-state index in [-0.39, 0.29) is 45.3 Å². The Kier molecular flexibility index (Phi) is 9.17. The highest BCUT2D eigenvalue weighted by atomic mass is 16.7. The molecule has 9 atom stereocenters. The van der Waals surface area contributed by atoms with Crippen molar-refractivity contribution in [2.75, 3.05) is 27.4 Å². The summed E-state index contributed by atoms with van der Waals surface area (Å²) in [5, 5.41) is 81.4. The lowest BCUT2D eigenvalue weighted by Gasteiger charge is -2.40. The van der Waals surface area contributed by atoms with Crippen LogP contribution in [0.2, 0.25) is 0 Å². The summed E-state index contributed by atoms with van der Waals surface area (Å²) in [6, 6.07) is 6.48. The SMILES string of the molecule is COc1ccc(-c2oc3cc(O[C@@H]4O[C@H](CO[C@H]5O[C@@H](CO)[C@@H](O)[C@H]5O)[C@@H](O)[C@H](O)[C@H]4O)cc(O)c3c(=O)c2OC)cc1O. The Morgan fingerprint density at radius 1 is 0.795 bits per heavy atom. The maximum atomic E-state index is 13.3. The first-order chi connectivity index (χ1) is 21.0. The van der Waals surface area contributed by atoms with Crippen molar-refractivity contribution in [2.45, 2.75) is 55.3 Å². The Morgan fingerprint density at radius 3 is 2.11 bits per heavy atom. The quantitative estimate of drug-likeness (QED) is 0.135. The summed E-state index contributed by atoms with van der Waals surface area (Å²) < 4.78 is 38.1. The molecule has 3 aromatic rings. The lowest BCUT2D eigenvalue weighted by molar-refractivity contribution is -0.290. The minimum absolute atomic E-state index is 0.0888. The van der Waals surface area contributed by atoms with Crippen molar-refractivity contribution in [3.63, 3.8) is 0 Å². The molecule has 2 aliphatic heterocycles. The van der Waals surface area contributed by atoms with E-state index in [1.54, 1.807) is 0 Å². The van der Waals surface area contributed by atoms with Gasteiger partial charge in [0.2, 0.25) is 17.5 Å². The average Bonchev–Trinajstić information content (AvgIpc) is 3.28. The molecule has 2 saturated heterocycles. The zero-order valence-electron chi connectivity index (χ0n) is 23.3. The predicted octanol–water partition coefficient (Wildman–Crippen LogP) is -1.47. The molecule has 16 heteroatoms. The van der Waals surface area contributed by atoms with E-state index in [1.165, 1.54) is 38.5 Å². The summed E-state index contributed by atoms with van der Waals surface area (Å²) in [4.78, 5) is 13.3. The number of ether oxygens (including phenoxy) is 6. The number of hydrogen-bond acceptors (Lipinski definition) is 16. The van der Waals surface area contributed by atoms with Crippen LogP contribution in [0.1, 0.15) is 0 Å². The second-order valence-corrected chi connectivity index (χ2v) is 10.2. The van der Waals surface area contributed by atoms with Gasteiger partial charge in [0.25, 0.3) is 0 Å². The van der Waals surface area contributed by atoms with Crippen molar-refractivity contribution in [3.8, 4) is 40.1 Å². The highest BCUT2D eigenvalue weighted by Crippen LogP contribution is 2.39. The summed E-state index contributed by atoms with van der Waals surface area (Å²) in [6.45, 7) is -1.09. The number of phenols is 2. The van der Waals surface area contributed by atoms with Gasteiger partial charge in [-0.2, -0.15) is 0 Å². The molecule has 0 amide bonds. The second kappa shape index (κ2) is 12.7. The number of hydrogen-bond donors (Lipinski definition) is 8. The molecule has 0 unspecified atom stereocenters. The van der Waals surface area contributed by atoms with E-state index in [2.05, 4.69) is 0 Å². The Balaban J connectivity index is 1.41. The molecule has 3 heterocycles. The molecule has 240 valence electrons. The van der Waals surface area contributed by atoms with E-state index in [9.17, 15) is 45.6 Å². The molecule has 2 fully saturated rings. The number of fused-ring (bicyclic) bond motifs is 1. The highest BCUT2D eigenvalue weighted by Gasteiger charge is 2.47. The number of benzene rings is 2. The maximum Gasteiger partial charge on any atom is 0.239 e. The summed E-state index contributed by atoms with van der Waals surface area (Å²) in [5.41, 5.74) is -0.672. The maximum absolute atomic E-state index is 13.3. The van der Waals surface area contributed by atoms with Gasteiger partial charge in [0.1, 0.15) is 65.2 Å². The van der Waals surface area contributed by atoms with Crippen molar-refractivity contribution in [3.05, 3.63) is 40.6 Å². The third-order valence-electron chi connectivity index (χ3n) is 7.40.